The second-order valence-electron chi connectivity index (χ2n) is 2.60. The van der Waals surface area contributed by atoms with E-state index >= 15 is 0 Å². The molecule has 3 heteroatoms. The highest BCUT2D eigenvalue weighted by Gasteiger charge is 2.00. The quantitative estimate of drug-likeness (QED) is 0.513. The minimum absolute atomic E-state index is 0.115. The topological polar surface area (TPSA) is 22.0 Å². The molecular formula is C9H11NOS. The van der Waals surface area contributed by atoms with Gasteiger partial charge in [0.15, 0.2) is 0 Å². The lowest BCUT2D eigenvalue weighted by Gasteiger charge is -2.00. The van der Waals surface area contributed by atoms with Gasteiger partial charge in [0.2, 0.25) is 0 Å². The lowest BCUT2D eigenvalue weighted by atomic mass is 10.3. The smallest absolute Gasteiger partial charge is 0.303 e. The minimum Gasteiger partial charge on any atom is -0.303 e. The summed E-state index contributed by atoms with van der Waals surface area (Å²) < 4.78 is 1.77. The molecule has 0 spiro atoms. The summed E-state index contributed by atoms with van der Waals surface area (Å²) in [5, 5.41) is 1.87. The first-order valence-electron chi connectivity index (χ1n) is 3.84. The largest absolute Gasteiger partial charge is 0.307 e. The van der Waals surface area contributed by atoms with Crippen molar-refractivity contribution in [3.05, 3.63) is 20.7 Å². The van der Waals surface area contributed by atoms with E-state index in [1.54, 1.807) is 4.57 Å². The highest BCUT2D eigenvalue weighted by Crippen LogP contribution is 2.01. The Hall–Kier alpha value is -1.01. The summed E-state index contributed by atoms with van der Waals surface area (Å²) in [6.07, 6.45) is 6.73. The monoisotopic (exact) mass is 181 g/mol. The third-order valence-electron chi connectivity index (χ3n) is 1.68. The Balaban J connectivity index is 2.63. The van der Waals surface area contributed by atoms with Crippen LogP contribution in [0.15, 0.2) is 10.2 Å². The van der Waals surface area contributed by atoms with Crippen molar-refractivity contribution < 1.29 is 0 Å². The van der Waals surface area contributed by atoms with Crippen molar-refractivity contribution in [1.29, 1.82) is 0 Å². The van der Waals surface area contributed by atoms with Gasteiger partial charge in [-0.1, -0.05) is 11.3 Å². The Bertz CT molecular complexity index is 342. The second kappa shape index (κ2) is 4.13. The maximum absolute atomic E-state index is 11.2. The SMILES string of the molecule is C#CCCCn1c(C)csc1=O. The number of aryl methyl sites for hydroxylation is 1. The molecular weight excluding hydrogens is 170 g/mol. The molecule has 0 fully saturated rings. The second-order valence-corrected chi connectivity index (χ2v) is 3.42. The highest BCUT2D eigenvalue weighted by atomic mass is 32.1. The maximum atomic E-state index is 11.2. The molecule has 0 saturated carbocycles. The molecule has 0 bridgehead atoms. The van der Waals surface area contributed by atoms with E-state index in [0.717, 1.165) is 25.1 Å². The molecule has 1 heterocycles. The first-order chi connectivity index (χ1) is 5.75. The van der Waals surface area contributed by atoms with Gasteiger partial charge in [-0.3, -0.25) is 4.79 Å². The Morgan fingerprint density at radius 1 is 1.75 bits per heavy atom. The molecule has 0 atom stereocenters. The van der Waals surface area contributed by atoms with E-state index < -0.39 is 0 Å². The molecule has 0 N–H and O–H groups in total. The van der Waals surface area contributed by atoms with Crippen molar-refractivity contribution in [2.24, 2.45) is 0 Å². The van der Waals surface area contributed by atoms with Crippen LogP contribution in [0.25, 0.3) is 0 Å². The number of thiazole rings is 1. The number of hydrogen-bond donors (Lipinski definition) is 0. The molecule has 0 amide bonds. The van der Waals surface area contributed by atoms with E-state index in [2.05, 4.69) is 5.92 Å². The van der Waals surface area contributed by atoms with Crippen LogP contribution in [0.1, 0.15) is 18.5 Å². The Morgan fingerprint density at radius 2 is 2.50 bits per heavy atom. The van der Waals surface area contributed by atoms with Gasteiger partial charge < -0.3 is 4.57 Å². The zero-order chi connectivity index (χ0) is 8.97. The lowest BCUT2D eigenvalue weighted by molar-refractivity contribution is 0.631. The van der Waals surface area contributed by atoms with Crippen molar-refractivity contribution in [3.63, 3.8) is 0 Å². The molecule has 1 aromatic heterocycles. The van der Waals surface area contributed by atoms with Crippen LogP contribution in [0.4, 0.5) is 0 Å². The van der Waals surface area contributed by atoms with Crippen molar-refractivity contribution in [2.45, 2.75) is 26.3 Å². The van der Waals surface area contributed by atoms with Crippen molar-refractivity contribution >= 4 is 11.3 Å². The maximum Gasteiger partial charge on any atom is 0.307 e. The molecule has 0 radical (unpaired) electrons. The summed E-state index contributed by atoms with van der Waals surface area (Å²) in [7, 11) is 0. The zero-order valence-electron chi connectivity index (χ0n) is 7.04. The number of hydrogen-bond acceptors (Lipinski definition) is 2. The first kappa shape index (κ1) is 9.08. The van der Waals surface area contributed by atoms with Crippen LogP contribution >= 0.6 is 11.3 Å². The van der Waals surface area contributed by atoms with Crippen LogP contribution in [0.5, 0.6) is 0 Å². The normalized spacial score (nSPS) is 9.67. The van der Waals surface area contributed by atoms with Gasteiger partial charge in [-0.25, -0.2) is 0 Å². The van der Waals surface area contributed by atoms with E-state index in [0.29, 0.717) is 0 Å². The fraction of sp³-hybridized carbons (Fsp3) is 0.444. The third kappa shape index (κ3) is 1.99. The number of unbranched alkanes of at least 4 members (excludes halogenated alkanes) is 1. The molecule has 0 saturated heterocycles. The molecule has 12 heavy (non-hydrogen) atoms. The van der Waals surface area contributed by atoms with Gasteiger partial charge in [0.1, 0.15) is 0 Å². The summed E-state index contributed by atoms with van der Waals surface area (Å²) in [6.45, 7) is 2.69. The van der Waals surface area contributed by atoms with Gasteiger partial charge in [0.25, 0.3) is 0 Å². The van der Waals surface area contributed by atoms with Crippen LogP contribution in [0.3, 0.4) is 0 Å². The van der Waals surface area contributed by atoms with Gasteiger partial charge in [-0.2, -0.15) is 0 Å². The summed E-state index contributed by atoms with van der Waals surface area (Å²) in [6, 6.07) is 0. The van der Waals surface area contributed by atoms with Gasteiger partial charge in [0.05, 0.1) is 0 Å². The van der Waals surface area contributed by atoms with Crippen LogP contribution in [-0.4, -0.2) is 4.57 Å². The van der Waals surface area contributed by atoms with E-state index in [1.807, 2.05) is 12.3 Å². The summed E-state index contributed by atoms with van der Waals surface area (Å²) in [4.78, 5) is 11.3. The van der Waals surface area contributed by atoms with E-state index in [9.17, 15) is 4.79 Å². The van der Waals surface area contributed by atoms with E-state index in [1.165, 1.54) is 11.3 Å². The molecule has 0 unspecified atom stereocenters. The van der Waals surface area contributed by atoms with Crippen LogP contribution in [0, 0.1) is 19.3 Å². The molecule has 2 nitrogen and oxygen atoms in total. The fourth-order valence-electron chi connectivity index (χ4n) is 1.01. The molecule has 1 rings (SSSR count). The molecule has 1 aromatic rings. The van der Waals surface area contributed by atoms with Crippen molar-refractivity contribution in [3.8, 4) is 12.3 Å². The van der Waals surface area contributed by atoms with Crippen LogP contribution in [0.2, 0.25) is 0 Å². The van der Waals surface area contributed by atoms with Gasteiger partial charge >= 0.3 is 4.87 Å². The molecule has 0 aliphatic heterocycles. The van der Waals surface area contributed by atoms with Crippen molar-refractivity contribution in [2.75, 3.05) is 0 Å². The standard InChI is InChI=1S/C9H11NOS/c1-3-4-5-6-10-8(2)7-12-9(10)11/h1,7H,4-6H2,2H3. The molecule has 0 aromatic carbocycles. The number of nitrogens with zero attached hydrogens (tertiary/aromatic N) is 1. The number of aromatic nitrogens is 1. The van der Waals surface area contributed by atoms with E-state index in [4.69, 9.17) is 6.42 Å². The van der Waals surface area contributed by atoms with Gasteiger partial charge in [-0.15, -0.1) is 12.3 Å². The molecule has 0 aliphatic carbocycles. The van der Waals surface area contributed by atoms with E-state index in [-0.39, 0.29) is 4.87 Å². The average molecular weight is 181 g/mol. The third-order valence-corrected chi connectivity index (χ3v) is 2.56. The van der Waals surface area contributed by atoms with Gasteiger partial charge in [0, 0.05) is 24.0 Å². The average Bonchev–Trinajstić information content (AvgIpc) is 2.35. The summed E-state index contributed by atoms with van der Waals surface area (Å²) in [5.74, 6) is 2.56. The Labute approximate surface area is 75.9 Å². The molecule has 64 valence electrons. The Morgan fingerprint density at radius 3 is 3.00 bits per heavy atom. The minimum atomic E-state index is 0.115. The number of terminal acetylenes is 1. The summed E-state index contributed by atoms with van der Waals surface area (Å²) >= 11 is 1.24. The lowest BCUT2D eigenvalue weighted by Crippen LogP contribution is -2.14. The predicted molar refractivity (Wildman–Crippen MR) is 51.4 cm³/mol. The predicted octanol–water partition coefficient (Wildman–Crippen LogP) is 1.63. The van der Waals surface area contributed by atoms with Crippen LogP contribution < -0.4 is 4.87 Å². The fourth-order valence-corrected chi connectivity index (χ4v) is 1.77. The molecule has 0 aliphatic rings. The number of rotatable bonds is 3. The summed E-state index contributed by atoms with van der Waals surface area (Å²) in [5.41, 5.74) is 1.03. The zero-order valence-corrected chi connectivity index (χ0v) is 7.86. The van der Waals surface area contributed by atoms with Crippen LogP contribution in [-0.2, 0) is 6.54 Å². The Kier molecular flexibility index (Phi) is 3.12. The highest BCUT2D eigenvalue weighted by molar-refractivity contribution is 7.07. The first-order valence-corrected chi connectivity index (χ1v) is 4.72. The van der Waals surface area contributed by atoms with Gasteiger partial charge in [-0.05, 0) is 13.3 Å². The van der Waals surface area contributed by atoms with Crippen molar-refractivity contribution in [1.82, 2.24) is 4.57 Å².